The minimum absolute atomic E-state index is 0.197. The van der Waals surface area contributed by atoms with Crippen molar-refractivity contribution in [2.24, 2.45) is 5.92 Å². The maximum atomic E-state index is 13.5. The van der Waals surface area contributed by atoms with Gasteiger partial charge in [-0.2, -0.15) is 0 Å². The summed E-state index contributed by atoms with van der Waals surface area (Å²) in [7, 11) is 0. The van der Waals surface area contributed by atoms with Crippen LogP contribution in [-0.4, -0.2) is 30.3 Å². The number of carbonyl (C=O) groups excluding carboxylic acids is 1. The Labute approximate surface area is 140 Å². The van der Waals surface area contributed by atoms with Gasteiger partial charge in [-0.1, -0.05) is 13.0 Å². The van der Waals surface area contributed by atoms with Crippen molar-refractivity contribution in [3.05, 3.63) is 46.9 Å². The fourth-order valence-corrected chi connectivity index (χ4v) is 3.15. The molecule has 1 N–H and O–H groups in total. The van der Waals surface area contributed by atoms with Gasteiger partial charge in [-0.3, -0.25) is 0 Å². The topological polar surface area (TPSA) is 32.3 Å². The highest BCUT2D eigenvalue weighted by Crippen LogP contribution is 2.34. The zero-order chi connectivity index (χ0) is 16.8. The normalized spacial score (nSPS) is 21.7. The fourth-order valence-electron chi connectivity index (χ4n) is 2.86. The van der Waals surface area contributed by atoms with E-state index in [2.05, 4.69) is 12.2 Å². The van der Waals surface area contributed by atoms with Gasteiger partial charge in [0.25, 0.3) is 0 Å². The van der Waals surface area contributed by atoms with Crippen LogP contribution in [-0.2, 0) is 0 Å². The van der Waals surface area contributed by atoms with E-state index in [-0.39, 0.29) is 12.1 Å². The van der Waals surface area contributed by atoms with Gasteiger partial charge in [-0.05, 0) is 48.1 Å². The third-order valence-corrected chi connectivity index (χ3v) is 4.46. The summed E-state index contributed by atoms with van der Waals surface area (Å²) in [4.78, 5) is 14.1. The van der Waals surface area contributed by atoms with Crippen LogP contribution in [0.3, 0.4) is 0 Å². The molecule has 1 aliphatic rings. The third kappa shape index (κ3) is 4.96. The average Bonchev–Trinajstić information content (AvgIpc) is 2.50. The maximum absolute atomic E-state index is 13.5. The first kappa shape index (κ1) is 17.8. The van der Waals surface area contributed by atoms with Crippen molar-refractivity contribution in [3.8, 4) is 0 Å². The van der Waals surface area contributed by atoms with Gasteiger partial charge in [0.15, 0.2) is 0 Å². The summed E-state index contributed by atoms with van der Waals surface area (Å²) in [6, 6.07) is 3.00. The van der Waals surface area contributed by atoms with Gasteiger partial charge < -0.3 is 10.2 Å². The van der Waals surface area contributed by atoms with Crippen LogP contribution >= 0.6 is 11.8 Å². The van der Waals surface area contributed by atoms with E-state index in [1.54, 1.807) is 16.7 Å². The molecule has 2 amide bonds. The van der Waals surface area contributed by atoms with Crippen LogP contribution < -0.4 is 5.32 Å². The number of carbonyl (C=O) groups is 1. The first-order valence-corrected chi connectivity index (χ1v) is 8.98. The number of nitrogens with one attached hydrogen (secondary N) is 1. The Kier molecular flexibility index (Phi) is 6.45. The lowest BCUT2D eigenvalue weighted by atomic mass is 9.88. The zero-order valence-electron chi connectivity index (χ0n) is 13.4. The Morgan fingerprint density at radius 3 is 2.74 bits per heavy atom. The Hall–Kier alpha value is -1.56. The van der Waals surface area contributed by atoms with Crippen LogP contribution in [0.1, 0.15) is 31.4 Å². The van der Waals surface area contributed by atoms with E-state index in [0.717, 1.165) is 12.5 Å². The lowest BCUT2D eigenvalue weighted by molar-refractivity contribution is 0.132. The summed E-state index contributed by atoms with van der Waals surface area (Å²) in [5, 5.41) is 4.73. The Morgan fingerprint density at radius 2 is 2.09 bits per heavy atom. The number of nitrogens with zero attached hydrogens (tertiary/aromatic N) is 1. The monoisotopic (exact) mass is 340 g/mol. The minimum atomic E-state index is -0.610. The molecule has 2 atom stereocenters. The molecule has 1 heterocycles. The third-order valence-electron chi connectivity index (χ3n) is 4.00. The number of hydrogen-bond donors (Lipinski definition) is 1. The first-order chi connectivity index (χ1) is 11.0. The van der Waals surface area contributed by atoms with Crippen LogP contribution in [0.15, 0.2) is 29.7 Å². The summed E-state index contributed by atoms with van der Waals surface area (Å²) in [5.41, 5.74) is 0.517. The number of piperidine rings is 1. The van der Waals surface area contributed by atoms with Crippen molar-refractivity contribution in [2.45, 2.75) is 25.8 Å². The molecular formula is C17H22F2N2OS. The van der Waals surface area contributed by atoms with Gasteiger partial charge in [-0.15, -0.1) is 11.8 Å². The molecule has 0 aliphatic carbocycles. The van der Waals surface area contributed by atoms with E-state index in [1.807, 2.05) is 17.7 Å². The summed E-state index contributed by atoms with van der Waals surface area (Å²) in [6.45, 7) is 3.12. The lowest BCUT2D eigenvalue weighted by Crippen LogP contribution is -2.46. The molecule has 2 rings (SSSR count). The Balaban J connectivity index is 2.15. The van der Waals surface area contributed by atoms with E-state index in [0.29, 0.717) is 31.0 Å². The zero-order valence-corrected chi connectivity index (χ0v) is 14.2. The summed E-state index contributed by atoms with van der Waals surface area (Å²) in [5.74, 6) is -0.810. The maximum Gasteiger partial charge on any atom is 0.318 e. The predicted octanol–water partition coefficient (Wildman–Crippen LogP) is 4.32. The minimum Gasteiger partial charge on any atom is -0.334 e. The van der Waals surface area contributed by atoms with Crippen molar-refractivity contribution in [1.29, 1.82) is 0 Å². The molecule has 1 aromatic rings. The van der Waals surface area contributed by atoms with Gasteiger partial charge in [0.2, 0.25) is 0 Å². The quantitative estimate of drug-likeness (QED) is 0.885. The molecule has 126 valence electrons. The summed E-state index contributed by atoms with van der Waals surface area (Å²) in [6.07, 6.45) is 5.41. The van der Waals surface area contributed by atoms with Crippen molar-refractivity contribution in [1.82, 2.24) is 10.2 Å². The second kappa shape index (κ2) is 8.34. The smallest absolute Gasteiger partial charge is 0.318 e. The van der Waals surface area contributed by atoms with Crippen LogP contribution in [0, 0.1) is 17.6 Å². The second-order valence-electron chi connectivity index (χ2n) is 5.84. The SMILES string of the molecule is CS/C=C/CNC(=O)N1CCC(C)CC1c1cc(F)cc(F)c1. The number of halogens is 2. The molecule has 2 unspecified atom stereocenters. The largest absolute Gasteiger partial charge is 0.334 e. The molecule has 0 spiro atoms. The molecule has 1 aromatic carbocycles. The van der Waals surface area contributed by atoms with Gasteiger partial charge in [0.1, 0.15) is 11.6 Å². The molecule has 1 saturated heterocycles. The van der Waals surface area contributed by atoms with Crippen LogP contribution in [0.5, 0.6) is 0 Å². The predicted molar refractivity (Wildman–Crippen MR) is 90.3 cm³/mol. The number of rotatable bonds is 4. The molecule has 0 bridgehead atoms. The van der Waals surface area contributed by atoms with Crippen molar-refractivity contribution >= 4 is 17.8 Å². The van der Waals surface area contributed by atoms with E-state index in [1.165, 1.54) is 12.1 Å². The van der Waals surface area contributed by atoms with E-state index in [9.17, 15) is 13.6 Å². The Morgan fingerprint density at radius 1 is 1.39 bits per heavy atom. The summed E-state index contributed by atoms with van der Waals surface area (Å²) < 4.78 is 27.1. The number of amides is 2. The number of thioether (sulfide) groups is 1. The van der Waals surface area contributed by atoms with Crippen LogP contribution in [0.4, 0.5) is 13.6 Å². The average molecular weight is 340 g/mol. The Bertz CT molecular complexity index is 559. The molecule has 0 aromatic heterocycles. The lowest BCUT2D eigenvalue weighted by Gasteiger charge is -2.38. The van der Waals surface area contributed by atoms with Crippen molar-refractivity contribution in [2.75, 3.05) is 19.3 Å². The van der Waals surface area contributed by atoms with Crippen LogP contribution in [0.25, 0.3) is 0 Å². The molecule has 0 radical (unpaired) electrons. The summed E-state index contributed by atoms with van der Waals surface area (Å²) >= 11 is 1.56. The number of urea groups is 1. The van der Waals surface area contributed by atoms with Gasteiger partial charge in [-0.25, -0.2) is 13.6 Å². The van der Waals surface area contributed by atoms with E-state index >= 15 is 0 Å². The molecule has 23 heavy (non-hydrogen) atoms. The number of benzene rings is 1. The van der Waals surface area contributed by atoms with Gasteiger partial charge in [0, 0.05) is 19.2 Å². The highest BCUT2D eigenvalue weighted by atomic mass is 32.2. The van der Waals surface area contributed by atoms with Crippen molar-refractivity contribution in [3.63, 3.8) is 0 Å². The first-order valence-electron chi connectivity index (χ1n) is 7.69. The highest BCUT2D eigenvalue weighted by molar-refractivity contribution is 8.01. The molecule has 1 aliphatic heterocycles. The molecule has 6 heteroatoms. The fraction of sp³-hybridized carbons (Fsp3) is 0.471. The molecule has 1 fully saturated rings. The number of likely N-dealkylation sites (tertiary alicyclic amines) is 1. The highest BCUT2D eigenvalue weighted by Gasteiger charge is 2.31. The van der Waals surface area contributed by atoms with Crippen molar-refractivity contribution < 1.29 is 13.6 Å². The molecule has 3 nitrogen and oxygen atoms in total. The number of hydrogen-bond acceptors (Lipinski definition) is 2. The van der Waals surface area contributed by atoms with Gasteiger partial charge >= 0.3 is 6.03 Å². The van der Waals surface area contributed by atoms with E-state index < -0.39 is 11.6 Å². The second-order valence-corrected chi connectivity index (χ2v) is 6.58. The standard InChI is InChI=1S/C17H22F2N2OS/c1-12-4-6-21(17(22)20-5-3-7-23-2)16(8-12)13-9-14(18)11-15(19)10-13/h3,7,9-12,16H,4-6,8H2,1-2H3,(H,20,22)/b7-3+. The molecular weight excluding hydrogens is 318 g/mol. The van der Waals surface area contributed by atoms with E-state index in [4.69, 9.17) is 0 Å². The van der Waals surface area contributed by atoms with Crippen LogP contribution in [0.2, 0.25) is 0 Å². The van der Waals surface area contributed by atoms with Gasteiger partial charge in [0.05, 0.1) is 6.04 Å². The molecule has 0 saturated carbocycles.